The van der Waals surface area contributed by atoms with E-state index in [1.54, 1.807) is 18.1 Å². The molecule has 1 aliphatic rings. The zero-order valence-corrected chi connectivity index (χ0v) is 19.3. The molecule has 0 saturated heterocycles. The normalized spacial score (nSPS) is 18.5. The first kappa shape index (κ1) is 21.3. The molecule has 5 rings (SSSR count). The molecular weight excluding hydrogens is 418 g/mol. The fraction of sp³-hybridized carbons (Fsp3) is 0.478. The highest BCUT2D eigenvalue weighted by atomic mass is 16.5. The van der Waals surface area contributed by atoms with E-state index in [9.17, 15) is 0 Å². The lowest BCUT2D eigenvalue weighted by Crippen LogP contribution is -2.20. The Morgan fingerprint density at radius 1 is 1.12 bits per heavy atom. The standard InChI is InChI=1S/C23H29N9O/c1-16-5-4-6-19(11-16)32-23(26-21(28-32)13-30-15-24-14-25-30)22-17(2)31(29-27-22)12-18-7-9-20(33-3)10-8-18/h7-10,14-16,19H,4-6,11-13H2,1-3H3. The summed E-state index contributed by atoms with van der Waals surface area (Å²) in [5.74, 6) is 3.00. The summed E-state index contributed by atoms with van der Waals surface area (Å²) in [7, 11) is 1.67. The average molecular weight is 448 g/mol. The van der Waals surface area contributed by atoms with Crippen LogP contribution in [0.15, 0.2) is 36.9 Å². The van der Waals surface area contributed by atoms with Crippen molar-refractivity contribution in [1.82, 2.24) is 44.5 Å². The average Bonchev–Trinajstić information content (AvgIpc) is 3.56. The molecule has 33 heavy (non-hydrogen) atoms. The van der Waals surface area contributed by atoms with Gasteiger partial charge in [0.25, 0.3) is 0 Å². The summed E-state index contributed by atoms with van der Waals surface area (Å²) in [6.07, 6.45) is 7.87. The molecule has 1 aliphatic carbocycles. The van der Waals surface area contributed by atoms with Gasteiger partial charge in [0.2, 0.25) is 0 Å². The number of hydrogen-bond donors (Lipinski definition) is 0. The van der Waals surface area contributed by atoms with Crippen molar-refractivity contribution in [3.63, 3.8) is 0 Å². The molecule has 1 saturated carbocycles. The molecule has 0 N–H and O–H groups in total. The van der Waals surface area contributed by atoms with Crippen LogP contribution in [-0.4, -0.2) is 51.6 Å². The van der Waals surface area contributed by atoms with E-state index >= 15 is 0 Å². The summed E-state index contributed by atoms with van der Waals surface area (Å²) in [5.41, 5.74) is 2.87. The van der Waals surface area contributed by atoms with Crippen LogP contribution in [-0.2, 0) is 13.1 Å². The second kappa shape index (κ2) is 9.13. The Labute approximate surface area is 192 Å². The minimum Gasteiger partial charge on any atom is -0.497 e. The van der Waals surface area contributed by atoms with Gasteiger partial charge in [-0.25, -0.2) is 24.0 Å². The first-order chi connectivity index (χ1) is 16.1. The molecule has 0 amide bonds. The molecular formula is C23H29N9O. The van der Waals surface area contributed by atoms with Crippen LogP contribution in [0.5, 0.6) is 5.75 Å². The first-order valence-electron chi connectivity index (χ1n) is 11.4. The molecule has 3 aromatic heterocycles. The second-order valence-corrected chi connectivity index (χ2v) is 8.84. The molecule has 0 radical (unpaired) electrons. The van der Waals surface area contributed by atoms with Gasteiger partial charge in [-0.05, 0) is 43.4 Å². The van der Waals surface area contributed by atoms with Crippen LogP contribution in [0.25, 0.3) is 11.5 Å². The van der Waals surface area contributed by atoms with Gasteiger partial charge in [-0.3, -0.25) is 0 Å². The third-order valence-corrected chi connectivity index (χ3v) is 6.39. The van der Waals surface area contributed by atoms with Crippen molar-refractivity contribution in [2.45, 2.75) is 58.7 Å². The van der Waals surface area contributed by atoms with Gasteiger partial charge in [-0.1, -0.05) is 37.1 Å². The Bertz CT molecular complexity index is 1190. The summed E-state index contributed by atoms with van der Waals surface area (Å²) in [6, 6.07) is 8.32. The number of rotatable bonds is 7. The molecule has 1 fully saturated rings. The van der Waals surface area contributed by atoms with Gasteiger partial charge in [0.05, 0.1) is 25.4 Å². The van der Waals surface area contributed by atoms with Gasteiger partial charge in [-0.2, -0.15) is 10.2 Å². The van der Waals surface area contributed by atoms with E-state index in [0.717, 1.165) is 41.4 Å². The van der Waals surface area contributed by atoms with Crippen molar-refractivity contribution in [1.29, 1.82) is 0 Å². The maximum atomic E-state index is 5.26. The quantitative estimate of drug-likeness (QED) is 0.428. The van der Waals surface area contributed by atoms with E-state index in [4.69, 9.17) is 14.8 Å². The van der Waals surface area contributed by atoms with Gasteiger partial charge < -0.3 is 4.74 Å². The highest BCUT2D eigenvalue weighted by molar-refractivity contribution is 5.52. The number of nitrogens with zero attached hydrogens (tertiary/aromatic N) is 9. The van der Waals surface area contributed by atoms with E-state index in [0.29, 0.717) is 30.9 Å². The van der Waals surface area contributed by atoms with E-state index in [1.165, 1.54) is 19.2 Å². The summed E-state index contributed by atoms with van der Waals surface area (Å²) >= 11 is 0. The number of aromatic nitrogens is 9. The van der Waals surface area contributed by atoms with Crippen molar-refractivity contribution in [2.24, 2.45) is 5.92 Å². The largest absolute Gasteiger partial charge is 0.497 e. The molecule has 10 nitrogen and oxygen atoms in total. The summed E-state index contributed by atoms with van der Waals surface area (Å²) < 4.78 is 11.0. The van der Waals surface area contributed by atoms with Crippen LogP contribution >= 0.6 is 0 Å². The van der Waals surface area contributed by atoms with E-state index in [1.807, 2.05) is 35.9 Å². The Morgan fingerprint density at radius 2 is 1.97 bits per heavy atom. The van der Waals surface area contributed by atoms with Crippen LogP contribution in [0, 0.1) is 12.8 Å². The van der Waals surface area contributed by atoms with E-state index in [-0.39, 0.29) is 0 Å². The third-order valence-electron chi connectivity index (χ3n) is 6.39. The van der Waals surface area contributed by atoms with Crippen LogP contribution in [0.1, 0.15) is 55.7 Å². The number of ether oxygens (including phenoxy) is 1. The van der Waals surface area contributed by atoms with Gasteiger partial charge in [0.15, 0.2) is 17.3 Å². The second-order valence-electron chi connectivity index (χ2n) is 8.84. The van der Waals surface area contributed by atoms with Gasteiger partial charge >= 0.3 is 0 Å². The van der Waals surface area contributed by atoms with Crippen LogP contribution < -0.4 is 4.74 Å². The lowest BCUT2D eigenvalue weighted by atomic mass is 9.87. The molecule has 2 unspecified atom stereocenters. The van der Waals surface area contributed by atoms with Crippen molar-refractivity contribution < 1.29 is 4.74 Å². The Hall–Kier alpha value is -3.56. The lowest BCUT2D eigenvalue weighted by Gasteiger charge is -2.27. The molecule has 10 heteroatoms. The van der Waals surface area contributed by atoms with Gasteiger partial charge in [0.1, 0.15) is 24.9 Å². The van der Waals surface area contributed by atoms with E-state index in [2.05, 4.69) is 32.0 Å². The molecule has 4 aromatic rings. The molecule has 0 spiro atoms. The van der Waals surface area contributed by atoms with Gasteiger partial charge in [0, 0.05) is 0 Å². The maximum absolute atomic E-state index is 5.26. The van der Waals surface area contributed by atoms with Crippen molar-refractivity contribution in [2.75, 3.05) is 7.11 Å². The van der Waals surface area contributed by atoms with E-state index < -0.39 is 0 Å². The zero-order chi connectivity index (χ0) is 22.8. The summed E-state index contributed by atoms with van der Waals surface area (Å²) in [4.78, 5) is 8.92. The van der Waals surface area contributed by atoms with Crippen molar-refractivity contribution in [3.05, 3.63) is 54.0 Å². The fourth-order valence-corrected chi connectivity index (χ4v) is 4.56. The summed E-state index contributed by atoms with van der Waals surface area (Å²) in [6.45, 7) is 5.46. The third kappa shape index (κ3) is 4.50. The first-order valence-corrected chi connectivity index (χ1v) is 11.4. The van der Waals surface area contributed by atoms with Crippen LogP contribution in [0.3, 0.4) is 0 Å². The smallest absolute Gasteiger partial charge is 0.181 e. The molecule has 3 heterocycles. The number of hydrogen-bond acceptors (Lipinski definition) is 7. The molecule has 0 aliphatic heterocycles. The lowest BCUT2D eigenvalue weighted by molar-refractivity contribution is 0.267. The van der Waals surface area contributed by atoms with Crippen LogP contribution in [0.4, 0.5) is 0 Å². The van der Waals surface area contributed by atoms with Gasteiger partial charge in [-0.15, -0.1) is 5.10 Å². The predicted octanol–water partition coefficient (Wildman–Crippen LogP) is 3.29. The van der Waals surface area contributed by atoms with Crippen molar-refractivity contribution in [3.8, 4) is 17.3 Å². The molecule has 1 aromatic carbocycles. The van der Waals surface area contributed by atoms with Crippen LogP contribution in [0.2, 0.25) is 0 Å². The number of benzene rings is 1. The molecule has 2 atom stereocenters. The summed E-state index contributed by atoms with van der Waals surface area (Å²) in [5, 5.41) is 18.1. The predicted molar refractivity (Wildman–Crippen MR) is 122 cm³/mol. The van der Waals surface area contributed by atoms with Crippen molar-refractivity contribution >= 4 is 0 Å². The fourth-order valence-electron chi connectivity index (χ4n) is 4.56. The minimum atomic E-state index is 0.312. The number of methoxy groups -OCH3 is 1. The minimum absolute atomic E-state index is 0.312. The SMILES string of the molecule is COc1ccc(Cn2nnc(-c3nc(Cn4cncn4)nn3C3CCCC(C)C3)c2C)cc1. The molecule has 0 bridgehead atoms. The zero-order valence-electron chi connectivity index (χ0n) is 19.3. The Kier molecular flexibility index (Phi) is 5.89. The maximum Gasteiger partial charge on any atom is 0.181 e. The topological polar surface area (TPSA) is 101 Å². The monoisotopic (exact) mass is 447 g/mol. The Balaban J connectivity index is 1.47. The molecule has 172 valence electrons. The Morgan fingerprint density at radius 3 is 2.70 bits per heavy atom. The highest BCUT2D eigenvalue weighted by Crippen LogP contribution is 2.34. The highest BCUT2D eigenvalue weighted by Gasteiger charge is 2.27.